The molecular formula is C17H23N3O2. The molecule has 0 aliphatic rings. The topological polar surface area (TPSA) is 68.0 Å². The third-order valence-electron chi connectivity index (χ3n) is 3.37. The van der Waals surface area contributed by atoms with Gasteiger partial charge in [-0.1, -0.05) is 43.6 Å². The Kier molecular flexibility index (Phi) is 4.09. The van der Waals surface area contributed by atoms with Crippen LogP contribution in [-0.2, 0) is 11.0 Å². The largest absolute Gasteiger partial charge is 0.340 e. The first-order valence-electron chi connectivity index (χ1n) is 7.33. The van der Waals surface area contributed by atoms with Crippen molar-refractivity contribution in [3.05, 3.63) is 47.1 Å². The van der Waals surface area contributed by atoms with Gasteiger partial charge >= 0.3 is 0 Å². The number of hydrogen-bond donors (Lipinski definition) is 1. The van der Waals surface area contributed by atoms with E-state index in [0.29, 0.717) is 17.3 Å². The first kappa shape index (κ1) is 16.2. The first-order valence-corrected chi connectivity index (χ1v) is 7.33. The molecule has 1 aromatic heterocycles. The lowest BCUT2D eigenvalue weighted by molar-refractivity contribution is 0.0907. The second-order valence-electron chi connectivity index (χ2n) is 7.12. The Morgan fingerprint density at radius 1 is 1.09 bits per heavy atom. The van der Waals surface area contributed by atoms with Gasteiger partial charge in [-0.15, -0.1) is 0 Å². The minimum atomic E-state index is -0.713. The van der Waals surface area contributed by atoms with Crippen LogP contribution in [-0.4, -0.2) is 16.0 Å². The number of aromatic nitrogens is 2. The smallest absolute Gasteiger partial charge is 0.252 e. The van der Waals surface area contributed by atoms with Crippen LogP contribution in [0.4, 0.5) is 0 Å². The van der Waals surface area contributed by atoms with Crippen molar-refractivity contribution in [3.8, 4) is 0 Å². The van der Waals surface area contributed by atoms with Gasteiger partial charge in [0, 0.05) is 11.0 Å². The van der Waals surface area contributed by atoms with Crippen molar-refractivity contribution in [1.29, 1.82) is 0 Å². The second kappa shape index (κ2) is 5.55. The predicted octanol–water partition coefficient (Wildman–Crippen LogP) is 3.34. The number of rotatable bonds is 3. The summed E-state index contributed by atoms with van der Waals surface area (Å²) in [6, 6.07) is 7.43. The number of nitrogens with zero attached hydrogens (tertiary/aromatic N) is 2. The molecule has 22 heavy (non-hydrogen) atoms. The molecule has 5 nitrogen and oxygen atoms in total. The zero-order chi connectivity index (χ0) is 16.5. The normalized spacial score (nSPS) is 12.3. The molecular weight excluding hydrogens is 278 g/mol. The van der Waals surface area contributed by atoms with E-state index in [1.165, 1.54) is 0 Å². The van der Waals surface area contributed by atoms with Crippen LogP contribution in [0.5, 0.6) is 0 Å². The Morgan fingerprint density at radius 2 is 1.68 bits per heavy atom. The second-order valence-corrected chi connectivity index (χ2v) is 7.12. The molecule has 0 saturated heterocycles. The minimum Gasteiger partial charge on any atom is -0.340 e. The number of carbonyl (C=O) groups is 1. The number of carbonyl (C=O) groups excluding carboxylic acids is 1. The van der Waals surface area contributed by atoms with E-state index in [2.05, 4.69) is 15.5 Å². The molecule has 0 saturated carbocycles. The third-order valence-corrected chi connectivity index (χ3v) is 3.37. The number of benzene rings is 1. The maximum absolute atomic E-state index is 12.4. The monoisotopic (exact) mass is 301 g/mol. The lowest BCUT2D eigenvalue weighted by atomic mass is 9.96. The molecule has 118 valence electrons. The molecule has 0 fully saturated rings. The van der Waals surface area contributed by atoms with Crippen molar-refractivity contribution < 1.29 is 9.32 Å². The minimum absolute atomic E-state index is 0.160. The van der Waals surface area contributed by atoms with Gasteiger partial charge < -0.3 is 9.84 Å². The Labute approximate surface area is 131 Å². The van der Waals surface area contributed by atoms with Crippen LogP contribution < -0.4 is 5.32 Å². The molecule has 0 bridgehead atoms. The molecule has 0 atom stereocenters. The lowest BCUT2D eigenvalue weighted by Gasteiger charge is -2.22. The van der Waals surface area contributed by atoms with Crippen molar-refractivity contribution in [2.45, 2.75) is 52.5 Å². The average Bonchev–Trinajstić information content (AvgIpc) is 2.89. The summed E-state index contributed by atoms with van der Waals surface area (Å²) >= 11 is 0. The summed E-state index contributed by atoms with van der Waals surface area (Å²) in [5.74, 6) is 0.866. The number of hydrogen-bond acceptors (Lipinski definition) is 4. The Balaban J connectivity index is 2.18. The van der Waals surface area contributed by atoms with Gasteiger partial charge in [0.05, 0.1) is 5.54 Å². The summed E-state index contributed by atoms with van der Waals surface area (Å²) in [5.41, 5.74) is 0.791. The molecule has 2 aromatic rings. The molecule has 1 N–H and O–H groups in total. The van der Waals surface area contributed by atoms with Crippen molar-refractivity contribution >= 4 is 5.91 Å². The average molecular weight is 301 g/mol. The highest BCUT2D eigenvalue weighted by molar-refractivity contribution is 5.94. The highest BCUT2D eigenvalue weighted by Gasteiger charge is 2.31. The summed E-state index contributed by atoms with van der Waals surface area (Å²) in [6.07, 6.45) is 0. The van der Waals surface area contributed by atoms with Gasteiger partial charge in [0.25, 0.3) is 5.91 Å². The van der Waals surface area contributed by atoms with E-state index in [9.17, 15) is 4.79 Å². The number of nitrogens with one attached hydrogen (secondary N) is 1. The Morgan fingerprint density at radius 3 is 2.18 bits per heavy atom. The van der Waals surface area contributed by atoms with Gasteiger partial charge in [0.2, 0.25) is 5.89 Å². The molecule has 1 heterocycles. The van der Waals surface area contributed by atoms with Crippen LogP contribution in [0.1, 0.15) is 62.3 Å². The van der Waals surface area contributed by atoms with Gasteiger partial charge in [0.15, 0.2) is 5.82 Å². The fraction of sp³-hybridized carbons (Fsp3) is 0.471. The van der Waals surface area contributed by atoms with Gasteiger partial charge in [0.1, 0.15) is 0 Å². The molecule has 1 amide bonds. The van der Waals surface area contributed by atoms with Crippen molar-refractivity contribution in [3.63, 3.8) is 0 Å². The molecule has 0 aliphatic heterocycles. The third kappa shape index (κ3) is 3.53. The summed E-state index contributed by atoms with van der Waals surface area (Å²) in [4.78, 5) is 16.8. The molecule has 5 heteroatoms. The molecule has 2 rings (SSSR count). The van der Waals surface area contributed by atoms with E-state index in [0.717, 1.165) is 5.56 Å². The van der Waals surface area contributed by atoms with Crippen molar-refractivity contribution in [1.82, 2.24) is 15.5 Å². The summed E-state index contributed by atoms with van der Waals surface area (Å²) in [7, 11) is 0. The Bertz CT molecular complexity index is 664. The molecule has 0 unspecified atom stereocenters. The van der Waals surface area contributed by atoms with E-state index in [4.69, 9.17) is 4.52 Å². The fourth-order valence-electron chi connectivity index (χ4n) is 1.90. The molecule has 0 aliphatic carbocycles. The molecule has 0 radical (unpaired) electrons. The highest BCUT2D eigenvalue weighted by Crippen LogP contribution is 2.24. The highest BCUT2D eigenvalue weighted by atomic mass is 16.5. The fourth-order valence-corrected chi connectivity index (χ4v) is 1.90. The zero-order valence-electron chi connectivity index (χ0n) is 14.0. The summed E-state index contributed by atoms with van der Waals surface area (Å²) in [6.45, 7) is 11.7. The number of amides is 1. The summed E-state index contributed by atoms with van der Waals surface area (Å²) < 4.78 is 5.31. The van der Waals surface area contributed by atoms with Crippen LogP contribution in [0, 0.1) is 6.92 Å². The van der Waals surface area contributed by atoms with Crippen LogP contribution in [0.2, 0.25) is 0 Å². The maximum atomic E-state index is 12.4. The lowest BCUT2D eigenvalue weighted by Crippen LogP contribution is -2.42. The van der Waals surface area contributed by atoms with E-state index >= 15 is 0 Å². The zero-order valence-corrected chi connectivity index (χ0v) is 14.0. The van der Waals surface area contributed by atoms with Gasteiger partial charge in [-0.3, -0.25) is 4.79 Å². The van der Waals surface area contributed by atoms with E-state index in [1.807, 2.05) is 53.7 Å². The van der Waals surface area contributed by atoms with Gasteiger partial charge in [-0.2, -0.15) is 4.98 Å². The van der Waals surface area contributed by atoms with E-state index in [1.54, 1.807) is 12.1 Å². The first-order chi connectivity index (χ1) is 10.1. The summed E-state index contributed by atoms with van der Waals surface area (Å²) in [5, 5.41) is 6.96. The van der Waals surface area contributed by atoms with Crippen LogP contribution in [0.3, 0.4) is 0 Å². The van der Waals surface area contributed by atoms with Gasteiger partial charge in [-0.05, 0) is 32.9 Å². The van der Waals surface area contributed by atoms with Crippen LogP contribution >= 0.6 is 0 Å². The predicted molar refractivity (Wildman–Crippen MR) is 84.7 cm³/mol. The van der Waals surface area contributed by atoms with E-state index < -0.39 is 5.54 Å². The van der Waals surface area contributed by atoms with Crippen molar-refractivity contribution in [2.24, 2.45) is 0 Å². The Hall–Kier alpha value is -2.17. The SMILES string of the molecule is Cc1ccc(C(=O)NC(C)(C)c2noc(C(C)(C)C)n2)cc1. The molecule has 0 spiro atoms. The van der Waals surface area contributed by atoms with Crippen molar-refractivity contribution in [2.75, 3.05) is 0 Å². The van der Waals surface area contributed by atoms with Gasteiger partial charge in [-0.25, -0.2) is 0 Å². The number of aryl methyl sites for hydroxylation is 1. The quantitative estimate of drug-likeness (QED) is 0.944. The van der Waals surface area contributed by atoms with Crippen LogP contribution in [0.15, 0.2) is 28.8 Å². The molecule has 1 aromatic carbocycles. The van der Waals surface area contributed by atoms with Crippen LogP contribution in [0.25, 0.3) is 0 Å². The standard InChI is InChI=1S/C17H23N3O2/c1-11-7-9-12(10-8-11)13(21)19-17(5,6)14-18-15(22-20-14)16(2,3)4/h7-10H,1-6H3,(H,19,21). The van der Waals surface area contributed by atoms with E-state index in [-0.39, 0.29) is 11.3 Å². The maximum Gasteiger partial charge on any atom is 0.252 e.